The molecule has 2 fully saturated rings. The number of aromatic nitrogens is 2. The molecule has 3 aromatic rings. The van der Waals surface area contributed by atoms with Crippen molar-refractivity contribution < 1.29 is 28.7 Å². The second-order valence-electron chi connectivity index (χ2n) is 9.99. The molecule has 0 unspecified atom stereocenters. The molecule has 5 heterocycles. The van der Waals surface area contributed by atoms with Gasteiger partial charge >= 0.3 is 24.0 Å². The summed E-state index contributed by atoms with van der Waals surface area (Å²) in [6, 6.07) is 9.06. The number of benzene rings is 1. The molecule has 220 valence electrons. The number of nitrogens with one attached hydrogen (secondary N) is 2. The van der Waals surface area contributed by atoms with Crippen molar-refractivity contribution in [3.8, 4) is 23.7 Å². The highest BCUT2D eigenvalue weighted by Crippen LogP contribution is 2.47. The summed E-state index contributed by atoms with van der Waals surface area (Å²) in [6.07, 6.45) is 6.51. The summed E-state index contributed by atoms with van der Waals surface area (Å²) in [5.41, 5.74) is -0.853. The van der Waals surface area contributed by atoms with Gasteiger partial charge in [0.05, 0.1) is 26.3 Å². The van der Waals surface area contributed by atoms with Gasteiger partial charge in [-0.25, -0.2) is 19.2 Å². The first kappa shape index (κ1) is 28.2. The first-order valence-electron chi connectivity index (χ1n) is 13.9. The summed E-state index contributed by atoms with van der Waals surface area (Å²) in [7, 11) is 0. The minimum Gasteiger partial charge on any atom is -0.463 e. The van der Waals surface area contributed by atoms with E-state index in [-0.39, 0.29) is 26.3 Å². The van der Waals surface area contributed by atoms with Gasteiger partial charge in [-0.15, -0.1) is 0 Å². The summed E-state index contributed by atoms with van der Waals surface area (Å²) in [5.74, 6) is 10.6. The van der Waals surface area contributed by atoms with Crippen LogP contribution in [0.3, 0.4) is 0 Å². The predicted molar refractivity (Wildman–Crippen MR) is 154 cm³/mol. The van der Waals surface area contributed by atoms with Crippen molar-refractivity contribution in [2.45, 2.75) is 38.3 Å². The predicted octanol–water partition coefficient (Wildman–Crippen LogP) is 1.86. The van der Waals surface area contributed by atoms with Crippen molar-refractivity contribution in [2.24, 2.45) is 0 Å². The van der Waals surface area contributed by atoms with Crippen LogP contribution < -0.4 is 10.6 Å². The van der Waals surface area contributed by atoms with Crippen molar-refractivity contribution in [1.29, 1.82) is 0 Å². The second-order valence-corrected chi connectivity index (χ2v) is 9.99. The topological polar surface area (TPSA) is 143 Å². The number of urea groups is 2. The van der Waals surface area contributed by atoms with Crippen LogP contribution in [-0.4, -0.2) is 68.3 Å². The number of pyridine rings is 2. The maximum Gasteiger partial charge on any atom is 0.358 e. The van der Waals surface area contributed by atoms with Gasteiger partial charge in [-0.1, -0.05) is 23.7 Å². The summed E-state index contributed by atoms with van der Waals surface area (Å²) >= 11 is 0. The van der Waals surface area contributed by atoms with E-state index in [1.807, 2.05) is 0 Å². The normalized spacial score (nSPS) is 20.9. The van der Waals surface area contributed by atoms with E-state index in [1.54, 1.807) is 75.0 Å². The van der Waals surface area contributed by atoms with Gasteiger partial charge in [-0.3, -0.25) is 19.8 Å². The molecule has 1 aromatic carbocycles. The number of esters is 2. The van der Waals surface area contributed by atoms with Crippen molar-refractivity contribution in [3.63, 3.8) is 0 Å². The van der Waals surface area contributed by atoms with Crippen LogP contribution >= 0.6 is 0 Å². The minimum atomic E-state index is -2.27. The fourth-order valence-electron chi connectivity index (χ4n) is 5.72. The Bertz CT molecular complexity index is 1700. The Labute approximate surface area is 252 Å². The molecule has 3 aliphatic rings. The molecule has 0 bridgehead atoms. The van der Waals surface area contributed by atoms with Crippen LogP contribution in [0.1, 0.15) is 47.2 Å². The number of hydrogen-bond acceptors (Lipinski definition) is 8. The molecule has 0 radical (unpaired) electrons. The summed E-state index contributed by atoms with van der Waals surface area (Å²) in [6.45, 7) is 2.66. The third-order valence-electron chi connectivity index (χ3n) is 7.63. The van der Waals surface area contributed by atoms with Crippen LogP contribution in [0.2, 0.25) is 0 Å². The fourth-order valence-corrected chi connectivity index (χ4v) is 5.72. The van der Waals surface area contributed by atoms with Crippen LogP contribution in [-0.2, 0) is 32.2 Å². The number of nitrogens with zero attached hydrogens (tertiary/aromatic N) is 4. The first-order chi connectivity index (χ1) is 21.4. The Kier molecular flexibility index (Phi) is 7.11. The maximum absolute atomic E-state index is 14.0. The van der Waals surface area contributed by atoms with Crippen molar-refractivity contribution >= 4 is 24.0 Å². The SMILES string of the molecule is CCOC(=O)C12NC(=O)N3Cc4c(C#Cc5ccncc5)ccc(C#Cc5ccncc5)c4CN(C(=O)N1)C32C(=O)OCC. The Morgan fingerprint density at radius 2 is 1.16 bits per heavy atom. The Hall–Kier alpha value is -5.88. The van der Waals surface area contributed by atoms with Gasteiger partial charge in [-0.05, 0) is 61.4 Å². The summed E-state index contributed by atoms with van der Waals surface area (Å²) in [5, 5.41) is 5.11. The van der Waals surface area contributed by atoms with Gasteiger partial charge in [0.15, 0.2) is 0 Å². The molecule has 0 spiro atoms. The lowest BCUT2D eigenvalue weighted by Crippen LogP contribution is -2.74. The van der Waals surface area contributed by atoms with Gasteiger partial charge in [0.2, 0.25) is 0 Å². The molecule has 4 amide bonds. The van der Waals surface area contributed by atoms with E-state index in [9.17, 15) is 19.2 Å². The standard InChI is InChI=1S/C32H26N6O6/c1-3-43-27(39)31-32(28(40)44-4-2)37(29(41)35-31)19-25-23(7-5-21-11-15-33-16-12-21)9-10-24(8-6-22-13-17-34-18-14-22)26(25)20-38(32)30(42)36-31/h9-18H,3-4,19-20H2,1-2H3,(H,35,41)(H,36,42). The third-order valence-corrected chi connectivity index (χ3v) is 7.63. The highest BCUT2D eigenvalue weighted by molar-refractivity contribution is 6.09. The van der Waals surface area contributed by atoms with E-state index >= 15 is 0 Å². The van der Waals surface area contributed by atoms with Gasteiger partial charge in [-0.2, -0.15) is 0 Å². The smallest absolute Gasteiger partial charge is 0.358 e. The molecule has 3 aliphatic heterocycles. The number of carbonyl (C=O) groups is 4. The monoisotopic (exact) mass is 590 g/mol. The van der Waals surface area contributed by atoms with E-state index < -0.39 is 35.3 Å². The lowest BCUT2D eigenvalue weighted by Gasteiger charge is -2.40. The molecule has 12 nitrogen and oxygen atoms in total. The number of ether oxygens (including phenoxy) is 2. The van der Waals surface area contributed by atoms with Gasteiger partial charge in [0, 0.05) is 47.0 Å². The maximum atomic E-state index is 14.0. The molecule has 0 aliphatic carbocycles. The highest BCUT2D eigenvalue weighted by atomic mass is 16.5. The lowest BCUT2D eigenvalue weighted by molar-refractivity contribution is -0.178. The summed E-state index contributed by atoms with van der Waals surface area (Å²) in [4.78, 5) is 65.3. The first-order valence-corrected chi connectivity index (χ1v) is 13.9. The van der Waals surface area contributed by atoms with E-state index in [2.05, 4.69) is 44.3 Å². The number of carbonyl (C=O) groups excluding carboxylic acids is 4. The van der Waals surface area contributed by atoms with E-state index in [1.165, 1.54) is 0 Å². The van der Waals surface area contributed by atoms with Gasteiger partial charge in [0.1, 0.15) is 0 Å². The average Bonchev–Trinajstić information content (AvgIpc) is 3.32. The molecular formula is C32H26N6O6. The Balaban J connectivity index is 1.58. The van der Waals surface area contributed by atoms with E-state index in [0.717, 1.165) is 9.80 Å². The number of hydrogen-bond donors (Lipinski definition) is 2. The largest absolute Gasteiger partial charge is 0.463 e. The fraction of sp³-hybridized carbons (Fsp3) is 0.250. The van der Waals surface area contributed by atoms with Crippen LogP contribution in [0, 0.1) is 23.7 Å². The highest BCUT2D eigenvalue weighted by Gasteiger charge is 2.82. The van der Waals surface area contributed by atoms with Crippen molar-refractivity contribution in [2.75, 3.05) is 13.2 Å². The average molecular weight is 591 g/mol. The number of amides is 4. The molecule has 0 saturated carbocycles. The molecule has 2 aromatic heterocycles. The Morgan fingerprint density at radius 3 is 1.59 bits per heavy atom. The molecule has 2 N–H and O–H groups in total. The van der Waals surface area contributed by atoms with Gasteiger partial charge in [0.25, 0.3) is 11.3 Å². The molecule has 2 saturated heterocycles. The zero-order valence-corrected chi connectivity index (χ0v) is 23.8. The van der Waals surface area contributed by atoms with Crippen LogP contribution in [0.25, 0.3) is 0 Å². The molecule has 0 atom stereocenters. The van der Waals surface area contributed by atoms with Crippen LogP contribution in [0.4, 0.5) is 9.59 Å². The second kappa shape index (κ2) is 11.1. The van der Waals surface area contributed by atoms with Crippen molar-refractivity contribution in [1.82, 2.24) is 30.4 Å². The lowest BCUT2D eigenvalue weighted by atomic mass is 9.93. The zero-order chi connectivity index (χ0) is 30.9. The van der Waals surface area contributed by atoms with Crippen molar-refractivity contribution in [3.05, 3.63) is 94.6 Å². The third kappa shape index (κ3) is 4.27. The van der Waals surface area contributed by atoms with Crippen LogP contribution in [0.15, 0.2) is 61.2 Å². The van der Waals surface area contributed by atoms with Gasteiger partial charge < -0.3 is 20.1 Å². The molecular weight excluding hydrogens is 564 g/mol. The van der Waals surface area contributed by atoms with E-state index in [0.29, 0.717) is 33.4 Å². The number of rotatable bonds is 4. The molecule has 12 heteroatoms. The number of fused-ring (bicyclic) bond motifs is 1. The van der Waals surface area contributed by atoms with E-state index in [4.69, 9.17) is 9.47 Å². The zero-order valence-electron chi connectivity index (χ0n) is 23.8. The minimum absolute atomic E-state index is 0.0606. The van der Waals surface area contributed by atoms with Crippen LogP contribution in [0.5, 0.6) is 0 Å². The summed E-state index contributed by atoms with van der Waals surface area (Å²) < 4.78 is 10.8. The quantitative estimate of drug-likeness (QED) is 0.346. The Morgan fingerprint density at radius 1 is 0.727 bits per heavy atom. The molecule has 6 rings (SSSR count). The molecule has 44 heavy (non-hydrogen) atoms.